The van der Waals surface area contributed by atoms with Crippen molar-refractivity contribution in [2.24, 2.45) is 0 Å². The molecule has 0 amide bonds. The van der Waals surface area contributed by atoms with E-state index in [2.05, 4.69) is 20.8 Å². The van der Waals surface area contributed by atoms with Crippen LogP contribution in [0, 0.1) is 0 Å². The largest absolute Gasteiger partial charge is 0.466 e. The van der Waals surface area contributed by atoms with Crippen LogP contribution in [-0.2, 0) is 4.74 Å². The fourth-order valence-corrected chi connectivity index (χ4v) is 4.48. The molecule has 0 bridgehead atoms. The maximum absolute atomic E-state index is 11.8. The van der Waals surface area contributed by atoms with Gasteiger partial charge in [-0.3, -0.25) is 0 Å². The molecule has 0 spiro atoms. The zero-order valence-corrected chi connectivity index (χ0v) is 12.0. The first-order chi connectivity index (χ1) is 8.17. The predicted octanol–water partition coefficient (Wildman–Crippen LogP) is 3.89. The van der Waals surface area contributed by atoms with Crippen LogP contribution in [-0.4, -0.2) is 20.3 Å². The second-order valence-electron chi connectivity index (χ2n) is 4.50. The minimum atomic E-state index is -1.36. The molecule has 0 aromatic heterocycles. The van der Waals surface area contributed by atoms with Crippen molar-refractivity contribution in [3.05, 3.63) is 35.9 Å². The third-order valence-electron chi connectivity index (χ3n) is 3.77. The van der Waals surface area contributed by atoms with E-state index >= 15 is 0 Å². The summed E-state index contributed by atoms with van der Waals surface area (Å²) in [4.78, 5) is 11.8. The molecule has 0 radical (unpaired) electrons. The third-order valence-corrected chi connectivity index (χ3v) is 9.03. The van der Waals surface area contributed by atoms with Gasteiger partial charge in [-0.15, -0.1) is 0 Å². The minimum Gasteiger partial charge on any atom is -0.466 e. The number of carbonyl (C=O) groups excluding carboxylic acids is 1. The maximum atomic E-state index is 11.8. The molecule has 0 atom stereocenters. The van der Waals surface area contributed by atoms with Gasteiger partial charge in [-0.1, -0.05) is 57.1 Å². The van der Waals surface area contributed by atoms with Crippen molar-refractivity contribution >= 4 is 14.0 Å². The summed E-state index contributed by atoms with van der Waals surface area (Å²) in [6.07, 6.45) is 0.657. The maximum Gasteiger partial charge on any atom is 0.337 e. The number of carbonyl (C=O) groups is 1. The van der Waals surface area contributed by atoms with Crippen molar-refractivity contribution in [1.82, 2.24) is 0 Å². The molecular weight excluding hydrogens is 228 g/mol. The Balaban J connectivity index is 2.59. The normalized spacial score (nSPS) is 11.2. The van der Waals surface area contributed by atoms with Crippen LogP contribution in [0.5, 0.6) is 0 Å². The Kier molecular flexibility index (Phi) is 5.42. The monoisotopic (exact) mass is 250 g/mol. The van der Waals surface area contributed by atoms with Gasteiger partial charge >= 0.3 is 5.97 Å². The second-order valence-corrected chi connectivity index (χ2v) is 9.91. The van der Waals surface area contributed by atoms with Gasteiger partial charge in [-0.05, 0) is 12.1 Å². The molecule has 0 saturated heterocycles. The van der Waals surface area contributed by atoms with E-state index in [4.69, 9.17) is 4.74 Å². The van der Waals surface area contributed by atoms with Gasteiger partial charge in [-0.2, -0.15) is 0 Å². The first kappa shape index (κ1) is 14.0. The van der Waals surface area contributed by atoms with Gasteiger partial charge in [0.2, 0.25) is 0 Å². The average molecular weight is 250 g/mol. The summed E-state index contributed by atoms with van der Waals surface area (Å²) in [5, 5.41) is 0. The summed E-state index contributed by atoms with van der Waals surface area (Å²) in [7, 11) is -1.36. The number of hydrogen-bond acceptors (Lipinski definition) is 2. The smallest absolute Gasteiger partial charge is 0.337 e. The minimum absolute atomic E-state index is 0.183. The van der Waals surface area contributed by atoms with E-state index in [9.17, 15) is 4.79 Å². The summed E-state index contributed by atoms with van der Waals surface area (Å²) in [5.74, 6) is -0.183. The van der Waals surface area contributed by atoms with E-state index in [0.717, 1.165) is 0 Å². The summed E-state index contributed by atoms with van der Waals surface area (Å²) in [5.41, 5.74) is 0.652. The van der Waals surface area contributed by atoms with E-state index < -0.39 is 8.07 Å². The van der Waals surface area contributed by atoms with Crippen molar-refractivity contribution in [2.75, 3.05) is 6.23 Å². The summed E-state index contributed by atoms with van der Waals surface area (Å²) in [6, 6.07) is 12.8. The summed E-state index contributed by atoms with van der Waals surface area (Å²) in [6.45, 7) is 6.65. The van der Waals surface area contributed by atoms with Crippen LogP contribution in [0.15, 0.2) is 30.3 Å². The van der Waals surface area contributed by atoms with Crippen LogP contribution in [0.25, 0.3) is 0 Å². The second kappa shape index (κ2) is 6.60. The molecule has 0 aliphatic carbocycles. The zero-order chi connectivity index (χ0) is 12.7. The summed E-state index contributed by atoms with van der Waals surface area (Å²) < 4.78 is 5.49. The highest BCUT2D eigenvalue weighted by atomic mass is 28.3. The number of ether oxygens (including phenoxy) is 1. The molecule has 0 heterocycles. The number of esters is 1. The molecule has 0 fully saturated rings. The fraction of sp³-hybridized carbons (Fsp3) is 0.500. The number of benzene rings is 1. The van der Waals surface area contributed by atoms with Crippen LogP contribution < -0.4 is 0 Å². The summed E-state index contributed by atoms with van der Waals surface area (Å²) >= 11 is 0. The molecular formula is C14H22O2Si. The molecule has 1 aromatic carbocycles. The third kappa shape index (κ3) is 3.70. The van der Waals surface area contributed by atoms with Gasteiger partial charge in [0.25, 0.3) is 0 Å². The van der Waals surface area contributed by atoms with Crippen LogP contribution in [0.2, 0.25) is 18.1 Å². The number of rotatable bonds is 6. The number of hydrogen-bond donors (Lipinski definition) is 0. The molecule has 0 N–H and O–H groups in total. The molecule has 0 aliphatic heterocycles. The zero-order valence-electron chi connectivity index (χ0n) is 11.0. The van der Waals surface area contributed by atoms with E-state index in [1.165, 1.54) is 18.1 Å². The predicted molar refractivity (Wildman–Crippen MR) is 73.9 cm³/mol. The van der Waals surface area contributed by atoms with Crippen molar-refractivity contribution in [1.29, 1.82) is 0 Å². The Labute approximate surface area is 105 Å². The lowest BCUT2D eigenvalue weighted by Gasteiger charge is -2.27. The standard InChI is InChI=1S/C14H22O2Si/c1-4-17(5-2,6-3)12-16-14(15)13-10-8-7-9-11-13/h7-11H,4-6,12H2,1-3H3. The van der Waals surface area contributed by atoms with E-state index in [1.54, 1.807) is 12.1 Å². The quantitative estimate of drug-likeness (QED) is 0.565. The first-order valence-corrected chi connectivity index (χ1v) is 9.22. The van der Waals surface area contributed by atoms with E-state index in [0.29, 0.717) is 11.8 Å². The van der Waals surface area contributed by atoms with Crippen molar-refractivity contribution < 1.29 is 9.53 Å². The highest BCUT2D eigenvalue weighted by molar-refractivity contribution is 6.79. The van der Waals surface area contributed by atoms with Gasteiger partial charge in [0.05, 0.1) is 19.9 Å². The Morgan fingerprint density at radius 3 is 2.06 bits per heavy atom. The van der Waals surface area contributed by atoms with Crippen molar-refractivity contribution in [3.63, 3.8) is 0 Å². The first-order valence-electron chi connectivity index (χ1n) is 6.39. The lowest BCUT2D eigenvalue weighted by atomic mass is 10.2. The molecule has 1 aromatic rings. The van der Waals surface area contributed by atoms with Gasteiger partial charge in [-0.25, -0.2) is 4.79 Å². The van der Waals surface area contributed by atoms with E-state index in [-0.39, 0.29) is 5.97 Å². The Morgan fingerprint density at radius 1 is 1.06 bits per heavy atom. The van der Waals surface area contributed by atoms with Crippen LogP contribution in [0.1, 0.15) is 31.1 Å². The average Bonchev–Trinajstić information content (AvgIpc) is 2.41. The SMILES string of the molecule is CC[Si](CC)(CC)COC(=O)c1ccccc1. The topological polar surface area (TPSA) is 26.3 Å². The molecule has 17 heavy (non-hydrogen) atoms. The van der Waals surface area contributed by atoms with Gasteiger partial charge < -0.3 is 4.74 Å². The van der Waals surface area contributed by atoms with Crippen molar-refractivity contribution in [2.45, 2.75) is 38.9 Å². The highest BCUT2D eigenvalue weighted by Gasteiger charge is 2.28. The Morgan fingerprint density at radius 2 is 1.59 bits per heavy atom. The lowest BCUT2D eigenvalue weighted by molar-refractivity contribution is 0.0563. The molecule has 1 rings (SSSR count). The van der Waals surface area contributed by atoms with E-state index in [1.807, 2.05) is 18.2 Å². The molecule has 0 saturated carbocycles. The molecule has 2 nitrogen and oxygen atoms in total. The Hall–Kier alpha value is -1.09. The van der Waals surface area contributed by atoms with Gasteiger partial charge in [0.15, 0.2) is 0 Å². The van der Waals surface area contributed by atoms with Crippen molar-refractivity contribution in [3.8, 4) is 0 Å². The molecule has 94 valence electrons. The van der Waals surface area contributed by atoms with Crippen LogP contribution >= 0.6 is 0 Å². The Bertz CT molecular complexity index is 336. The molecule has 0 aliphatic rings. The fourth-order valence-electron chi connectivity index (χ4n) is 1.93. The van der Waals surface area contributed by atoms with Crippen LogP contribution in [0.3, 0.4) is 0 Å². The molecule has 0 unspecified atom stereocenters. The highest BCUT2D eigenvalue weighted by Crippen LogP contribution is 2.20. The lowest BCUT2D eigenvalue weighted by Crippen LogP contribution is -2.38. The van der Waals surface area contributed by atoms with Gasteiger partial charge in [0, 0.05) is 0 Å². The molecule has 3 heteroatoms. The van der Waals surface area contributed by atoms with Crippen LogP contribution in [0.4, 0.5) is 0 Å². The van der Waals surface area contributed by atoms with Gasteiger partial charge in [0.1, 0.15) is 0 Å².